The molecule has 0 amide bonds. The van der Waals surface area contributed by atoms with Crippen molar-refractivity contribution in [3.8, 4) is 11.5 Å². The van der Waals surface area contributed by atoms with E-state index in [1.807, 2.05) is 25.1 Å². The molecule has 0 aliphatic carbocycles. The molecule has 2 rings (SSSR count). The molecule has 96 valence electrons. The first-order valence-corrected chi connectivity index (χ1v) is 6.38. The smallest absolute Gasteiger partial charge is 0.119 e. The van der Waals surface area contributed by atoms with Gasteiger partial charge in [0.05, 0.1) is 7.11 Å². The van der Waals surface area contributed by atoms with E-state index in [1.165, 1.54) is 10.9 Å². The van der Waals surface area contributed by atoms with Crippen molar-refractivity contribution in [2.75, 3.05) is 7.11 Å². The van der Waals surface area contributed by atoms with Gasteiger partial charge >= 0.3 is 0 Å². The first-order chi connectivity index (χ1) is 8.58. The number of hydrogen-bond donors (Lipinski definition) is 1. The Hall–Kier alpha value is -1.70. The number of phenols is 1. The van der Waals surface area contributed by atoms with Gasteiger partial charge in [-0.25, -0.2) is 0 Å². The number of rotatable bonds is 3. The zero-order valence-electron chi connectivity index (χ0n) is 11.4. The van der Waals surface area contributed by atoms with Crippen molar-refractivity contribution < 1.29 is 9.84 Å². The molecule has 2 aromatic carbocycles. The van der Waals surface area contributed by atoms with Gasteiger partial charge in [0.1, 0.15) is 11.5 Å². The maximum Gasteiger partial charge on any atom is 0.119 e. The third-order valence-electron chi connectivity index (χ3n) is 3.76. The summed E-state index contributed by atoms with van der Waals surface area (Å²) in [6, 6.07) is 7.92. The Balaban J connectivity index is 2.79. The summed E-state index contributed by atoms with van der Waals surface area (Å²) < 4.78 is 5.30. The molecule has 0 fully saturated rings. The van der Waals surface area contributed by atoms with E-state index < -0.39 is 0 Å². The molecule has 1 unspecified atom stereocenters. The monoisotopic (exact) mass is 244 g/mol. The third-order valence-corrected chi connectivity index (χ3v) is 3.76. The van der Waals surface area contributed by atoms with Gasteiger partial charge in [-0.05, 0) is 59.4 Å². The van der Waals surface area contributed by atoms with Crippen molar-refractivity contribution in [3.05, 3.63) is 35.4 Å². The maximum atomic E-state index is 10.0. The van der Waals surface area contributed by atoms with Gasteiger partial charge in [-0.3, -0.25) is 0 Å². The van der Waals surface area contributed by atoms with E-state index in [2.05, 4.69) is 19.9 Å². The second kappa shape index (κ2) is 4.89. The minimum Gasteiger partial charge on any atom is -0.508 e. The molecule has 0 saturated carbocycles. The molecule has 0 radical (unpaired) electrons. The maximum absolute atomic E-state index is 10.0. The average molecular weight is 244 g/mol. The predicted octanol–water partition coefficient (Wildman–Crippen LogP) is 4.38. The van der Waals surface area contributed by atoms with Crippen molar-refractivity contribution in [1.29, 1.82) is 0 Å². The van der Waals surface area contributed by atoms with Gasteiger partial charge < -0.3 is 9.84 Å². The van der Waals surface area contributed by atoms with E-state index in [1.54, 1.807) is 7.11 Å². The summed E-state index contributed by atoms with van der Waals surface area (Å²) >= 11 is 0. The lowest BCUT2D eigenvalue weighted by atomic mass is 9.90. The number of hydrogen-bond acceptors (Lipinski definition) is 2. The van der Waals surface area contributed by atoms with Crippen LogP contribution in [0.25, 0.3) is 10.8 Å². The van der Waals surface area contributed by atoms with Crippen LogP contribution in [0.4, 0.5) is 0 Å². The Morgan fingerprint density at radius 2 is 1.94 bits per heavy atom. The van der Waals surface area contributed by atoms with Gasteiger partial charge in [-0.1, -0.05) is 19.9 Å². The van der Waals surface area contributed by atoms with Crippen LogP contribution in [-0.2, 0) is 0 Å². The zero-order chi connectivity index (χ0) is 13.3. The van der Waals surface area contributed by atoms with Gasteiger partial charge in [0.2, 0.25) is 0 Å². The molecule has 2 nitrogen and oxygen atoms in total. The Morgan fingerprint density at radius 3 is 2.56 bits per heavy atom. The highest BCUT2D eigenvalue weighted by Gasteiger charge is 2.13. The molecule has 1 atom stereocenters. The van der Waals surface area contributed by atoms with Crippen LogP contribution in [0.3, 0.4) is 0 Å². The molecule has 1 N–H and O–H groups in total. The quantitative estimate of drug-likeness (QED) is 0.868. The molecule has 0 aromatic heterocycles. The second-order valence-electron chi connectivity index (χ2n) is 4.83. The van der Waals surface area contributed by atoms with Gasteiger partial charge in [0, 0.05) is 0 Å². The van der Waals surface area contributed by atoms with E-state index in [9.17, 15) is 5.11 Å². The third kappa shape index (κ3) is 2.03. The average Bonchev–Trinajstić information content (AvgIpc) is 2.41. The molecule has 0 heterocycles. The molecule has 0 spiro atoms. The number of benzene rings is 2. The van der Waals surface area contributed by atoms with Gasteiger partial charge in [0.25, 0.3) is 0 Å². The number of aryl methyl sites for hydroxylation is 1. The van der Waals surface area contributed by atoms with Crippen molar-refractivity contribution in [1.82, 2.24) is 0 Å². The largest absolute Gasteiger partial charge is 0.508 e. The first-order valence-electron chi connectivity index (χ1n) is 6.38. The number of aromatic hydroxyl groups is 1. The highest BCUT2D eigenvalue weighted by molar-refractivity contribution is 5.92. The zero-order valence-corrected chi connectivity index (χ0v) is 11.4. The topological polar surface area (TPSA) is 29.5 Å². The van der Waals surface area contributed by atoms with E-state index in [0.717, 1.165) is 23.1 Å². The standard InChI is InChI=1S/C16H20O2/c1-5-10(2)14-9-16(17)11(3)13-7-6-12(18-4)8-15(13)14/h6-10,17H,5H2,1-4H3. The van der Waals surface area contributed by atoms with Crippen LogP contribution in [0.2, 0.25) is 0 Å². The van der Waals surface area contributed by atoms with E-state index in [-0.39, 0.29) is 0 Å². The molecular formula is C16H20O2. The van der Waals surface area contributed by atoms with Gasteiger partial charge in [-0.2, -0.15) is 0 Å². The fourth-order valence-electron chi connectivity index (χ4n) is 2.32. The summed E-state index contributed by atoms with van der Waals surface area (Å²) in [6.07, 6.45) is 1.05. The molecule has 2 heteroatoms. The van der Waals surface area contributed by atoms with E-state index in [0.29, 0.717) is 11.7 Å². The predicted molar refractivity (Wildman–Crippen MR) is 75.6 cm³/mol. The lowest BCUT2D eigenvalue weighted by molar-refractivity contribution is 0.415. The molecule has 0 aliphatic heterocycles. The van der Waals surface area contributed by atoms with Crippen LogP contribution >= 0.6 is 0 Å². The first kappa shape index (κ1) is 12.7. The molecule has 2 aromatic rings. The molecule has 18 heavy (non-hydrogen) atoms. The number of methoxy groups -OCH3 is 1. The van der Waals surface area contributed by atoms with Gasteiger partial charge in [-0.15, -0.1) is 0 Å². The summed E-state index contributed by atoms with van der Waals surface area (Å²) in [6.45, 7) is 6.29. The highest BCUT2D eigenvalue weighted by atomic mass is 16.5. The fourth-order valence-corrected chi connectivity index (χ4v) is 2.32. The van der Waals surface area contributed by atoms with E-state index >= 15 is 0 Å². The Bertz CT molecular complexity index is 573. The Kier molecular flexibility index (Phi) is 3.46. The van der Waals surface area contributed by atoms with Crippen LogP contribution in [0.15, 0.2) is 24.3 Å². The van der Waals surface area contributed by atoms with Gasteiger partial charge in [0.15, 0.2) is 0 Å². The van der Waals surface area contributed by atoms with Crippen molar-refractivity contribution >= 4 is 10.8 Å². The van der Waals surface area contributed by atoms with Crippen LogP contribution in [0.5, 0.6) is 11.5 Å². The summed E-state index contributed by atoms with van der Waals surface area (Å²) in [5.41, 5.74) is 2.12. The van der Waals surface area contributed by atoms with Crippen LogP contribution in [-0.4, -0.2) is 12.2 Å². The summed E-state index contributed by atoms with van der Waals surface area (Å²) in [7, 11) is 1.68. The molecule has 0 saturated heterocycles. The highest BCUT2D eigenvalue weighted by Crippen LogP contribution is 2.36. The summed E-state index contributed by atoms with van der Waals surface area (Å²) in [5, 5.41) is 12.3. The van der Waals surface area contributed by atoms with Crippen LogP contribution in [0, 0.1) is 6.92 Å². The molecular weight excluding hydrogens is 224 g/mol. The summed E-state index contributed by atoms with van der Waals surface area (Å²) in [4.78, 5) is 0. The van der Waals surface area contributed by atoms with Crippen LogP contribution in [0.1, 0.15) is 37.3 Å². The summed E-state index contributed by atoms with van der Waals surface area (Å²) in [5.74, 6) is 1.66. The lowest BCUT2D eigenvalue weighted by Crippen LogP contribution is -1.95. The van der Waals surface area contributed by atoms with Crippen molar-refractivity contribution in [2.45, 2.75) is 33.1 Å². The second-order valence-corrected chi connectivity index (χ2v) is 4.83. The Morgan fingerprint density at radius 1 is 1.22 bits per heavy atom. The van der Waals surface area contributed by atoms with Crippen LogP contribution < -0.4 is 4.74 Å². The van der Waals surface area contributed by atoms with Crippen molar-refractivity contribution in [3.63, 3.8) is 0 Å². The minimum absolute atomic E-state index is 0.378. The fraction of sp³-hybridized carbons (Fsp3) is 0.375. The number of fused-ring (bicyclic) bond motifs is 1. The molecule has 0 aliphatic rings. The Labute approximate surface area is 108 Å². The lowest BCUT2D eigenvalue weighted by Gasteiger charge is -2.16. The SMILES string of the molecule is CCC(C)c1cc(O)c(C)c2ccc(OC)cc12. The number of phenolic OH excluding ortho intramolecular Hbond substituents is 1. The molecule has 0 bridgehead atoms. The van der Waals surface area contributed by atoms with E-state index in [4.69, 9.17) is 4.74 Å². The van der Waals surface area contributed by atoms with Crippen molar-refractivity contribution in [2.24, 2.45) is 0 Å². The minimum atomic E-state index is 0.378. The normalized spacial score (nSPS) is 12.7. The number of ether oxygens (including phenoxy) is 1.